The molecule has 0 aromatic heterocycles. The normalized spacial score (nSPS) is 12.9. The van der Waals surface area contributed by atoms with Gasteiger partial charge in [-0.3, -0.25) is 0 Å². The number of ether oxygens (including phenoxy) is 1. The van der Waals surface area contributed by atoms with E-state index in [0.29, 0.717) is 12.0 Å². The molecular formula is C13H20FNO. The second kappa shape index (κ2) is 5.85. The van der Waals surface area contributed by atoms with Crippen LogP contribution in [0.3, 0.4) is 0 Å². The molecule has 0 saturated carbocycles. The van der Waals surface area contributed by atoms with E-state index in [1.807, 2.05) is 7.05 Å². The van der Waals surface area contributed by atoms with Crippen LogP contribution in [-0.2, 0) is 6.42 Å². The van der Waals surface area contributed by atoms with Crippen LogP contribution in [0.4, 0.5) is 4.39 Å². The molecule has 0 radical (unpaired) electrons. The van der Waals surface area contributed by atoms with Crippen molar-refractivity contribution in [3.05, 3.63) is 29.6 Å². The molecule has 1 N–H and O–H groups in total. The molecule has 2 nitrogen and oxygen atoms in total. The largest absolute Gasteiger partial charge is 0.496 e. The number of methoxy groups -OCH3 is 1. The molecule has 3 heteroatoms. The Kier molecular flexibility index (Phi) is 4.74. The van der Waals surface area contributed by atoms with Gasteiger partial charge in [0, 0.05) is 6.04 Å². The molecule has 90 valence electrons. The molecule has 1 aromatic rings. The summed E-state index contributed by atoms with van der Waals surface area (Å²) in [5.74, 6) is 1.04. The van der Waals surface area contributed by atoms with E-state index in [1.54, 1.807) is 19.2 Å². The quantitative estimate of drug-likeness (QED) is 0.831. The molecule has 0 aliphatic rings. The smallest absolute Gasteiger partial charge is 0.123 e. The van der Waals surface area contributed by atoms with Crippen LogP contribution in [0.2, 0.25) is 0 Å². The van der Waals surface area contributed by atoms with Crippen LogP contribution in [0, 0.1) is 11.7 Å². The van der Waals surface area contributed by atoms with Gasteiger partial charge in [0.15, 0.2) is 0 Å². The Morgan fingerprint density at radius 3 is 2.56 bits per heavy atom. The Labute approximate surface area is 96.8 Å². The minimum atomic E-state index is -0.214. The molecule has 0 spiro atoms. The fraction of sp³-hybridized carbons (Fsp3) is 0.538. The fourth-order valence-electron chi connectivity index (χ4n) is 1.81. The highest BCUT2D eigenvalue weighted by molar-refractivity contribution is 5.34. The van der Waals surface area contributed by atoms with Crippen molar-refractivity contribution in [3.8, 4) is 5.75 Å². The summed E-state index contributed by atoms with van der Waals surface area (Å²) < 4.78 is 18.4. The molecule has 0 saturated heterocycles. The molecular weight excluding hydrogens is 205 g/mol. The molecule has 1 aromatic carbocycles. The number of benzene rings is 1. The maximum absolute atomic E-state index is 13.2. The van der Waals surface area contributed by atoms with Crippen molar-refractivity contribution in [1.82, 2.24) is 5.32 Å². The standard InChI is InChI=1S/C13H20FNO/c1-9(2)12(15-3)8-10-7-11(14)5-6-13(10)16-4/h5-7,9,12,15H,8H2,1-4H3. The van der Waals surface area contributed by atoms with Crippen LogP contribution in [0.25, 0.3) is 0 Å². The number of hydrogen-bond donors (Lipinski definition) is 1. The number of nitrogens with one attached hydrogen (secondary N) is 1. The third kappa shape index (κ3) is 3.20. The Morgan fingerprint density at radius 1 is 1.38 bits per heavy atom. The first-order valence-corrected chi connectivity index (χ1v) is 5.58. The van der Waals surface area contributed by atoms with Crippen LogP contribution in [-0.4, -0.2) is 20.2 Å². The molecule has 0 aliphatic carbocycles. The second-order valence-corrected chi connectivity index (χ2v) is 4.30. The first-order chi connectivity index (χ1) is 7.58. The molecule has 0 bridgehead atoms. The van der Waals surface area contributed by atoms with Gasteiger partial charge < -0.3 is 10.1 Å². The maximum Gasteiger partial charge on any atom is 0.123 e. The predicted octanol–water partition coefficient (Wildman–Crippen LogP) is 2.62. The molecule has 0 heterocycles. The lowest BCUT2D eigenvalue weighted by atomic mass is 9.96. The van der Waals surface area contributed by atoms with Crippen LogP contribution >= 0.6 is 0 Å². The van der Waals surface area contributed by atoms with Crippen molar-refractivity contribution in [2.24, 2.45) is 5.92 Å². The van der Waals surface area contributed by atoms with E-state index in [1.165, 1.54) is 6.07 Å². The van der Waals surface area contributed by atoms with Gasteiger partial charge >= 0.3 is 0 Å². The van der Waals surface area contributed by atoms with Crippen molar-refractivity contribution >= 4 is 0 Å². The Morgan fingerprint density at radius 2 is 2.06 bits per heavy atom. The Balaban J connectivity index is 2.89. The van der Waals surface area contributed by atoms with E-state index >= 15 is 0 Å². The van der Waals surface area contributed by atoms with E-state index in [-0.39, 0.29) is 5.82 Å². The van der Waals surface area contributed by atoms with Crippen molar-refractivity contribution in [3.63, 3.8) is 0 Å². The third-order valence-electron chi connectivity index (χ3n) is 2.86. The van der Waals surface area contributed by atoms with Crippen LogP contribution < -0.4 is 10.1 Å². The average molecular weight is 225 g/mol. The van der Waals surface area contributed by atoms with Gasteiger partial charge in [0.2, 0.25) is 0 Å². The molecule has 1 atom stereocenters. The van der Waals surface area contributed by atoms with E-state index < -0.39 is 0 Å². The van der Waals surface area contributed by atoms with Gasteiger partial charge in [0.1, 0.15) is 11.6 Å². The predicted molar refractivity (Wildman–Crippen MR) is 64.3 cm³/mol. The first kappa shape index (κ1) is 13.0. The van der Waals surface area contributed by atoms with Crippen molar-refractivity contribution in [1.29, 1.82) is 0 Å². The highest BCUT2D eigenvalue weighted by Crippen LogP contribution is 2.22. The first-order valence-electron chi connectivity index (χ1n) is 5.58. The third-order valence-corrected chi connectivity index (χ3v) is 2.86. The number of halogens is 1. The van der Waals surface area contributed by atoms with Gasteiger partial charge in [-0.25, -0.2) is 4.39 Å². The lowest BCUT2D eigenvalue weighted by molar-refractivity contribution is 0.389. The monoisotopic (exact) mass is 225 g/mol. The number of likely N-dealkylation sites (N-methyl/N-ethyl adjacent to an activating group) is 1. The SMILES string of the molecule is CNC(Cc1cc(F)ccc1OC)C(C)C. The average Bonchev–Trinajstić information content (AvgIpc) is 2.25. The summed E-state index contributed by atoms with van der Waals surface area (Å²) in [5.41, 5.74) is 0.913. The van der Waals surface area contributed by atoms with Crippen LogP contribution in [0.1, 0.15) is 19.4 Å². The van der Waals surface area contributed by atoms with Gasteiger partial charge in [0.05, 0.1) is 7.11 Å². The summed E-state index contributed by atoms with van der Waals surface area (Å²) in [6, 6.07) is 4.98. The molecule has 0 aliphatic heterocycles. The van der Waals surface area contributed by atoms with Crippen LogP contribution in [0.5, 0.6) is 5.75 Å². The Bertz CT molecular complexity index is 339. The summed E-state index contributed by atoms with van der Waals surface area (Å²) in [6.07, 6.45) is 0.773. The summed E-state index contributed by atoms with van der Waals surface area (Å²) in [6.45, 7) is 4.29. The summed E-state index contributed by atoms with van der Waals surface area (Å²) in [7, 11) is 3.54. The van der Waals surface area contributed by atoms with Crippen molar-refractivity contribution in [2.45, 2.75) is 26.3 Å². The molecule has 0 fully saturated rings. The van der Waals surface area contributed by atoms with E-state index in [9.17, 15) is 4.39 Å². The summed E-state index contributed by atoms with van der Waals surface area (Å²) in [5, 5.41) is 3.24. The fourth-order valence-corrected chi connectivity index (χ4v) is 1.81. The highest BCUT2D eigenvalue weighted by atomic mass is 19.1. The summed E-state index contributed by atoms with van der Waals surface area (Å²) in [4.78, 5) is 0. The molecule has 0 amide bonds. The Hall–Kier alpha value is -1.09. The lowest BCUT2D eigenvalue weighted by Crippen LogP contribution is -2.32. The van der Waals surface area contributed by atoms with E-state index in [2.05, 4.69) is 19.2 Å². The number of hydrogen-bond acceptors (Lipinski definition) is 2. The van der Waals surface area contributed by atoms with Gasteiger partial charge in [-0.1, -0.05) is 13.8 Å². The minimum absolute atomic E-state index is 0.214. The van der Waals surface area contributed by atoms with Crippen molar-refractivity contribution < 1.29 is 9.13 Å². The van der Waals surface area contributed by atoms with Gasteiger partial charge in [-0.15, -0.1) is 0 Å². The van der Waals surface area contributed by atoms with Gasteiger partial charge in [-0.2, -0.15) is 0 Å². The van der Waals surface area contributed by atoms with E-state index in [4.69, 9.17) is 4.74 Å². The number of rotatable bonds is 5. The molecule has 1 unspecified atom stereocenters. The van der Waals surface area contributed by atoms with Gasteiger partial charge in [0.25, 0.3) is 0 Å². The minimum Gasteiger partial charge on any atom is -0.496 e. The van der Waals surface area contributed by atoms with E-state index in [0.717, 1.165) is 17.7 Å². The lowest BCUT2D eigenvalue weighted by Gasteiger charge is -2.21. The zero-order valence-corrected chi connectivity index (χ0v) is 10.4. The topological polar surface area (TPSA) is 21.3 Å². The zero-order valence-electron chi connectivity index (χ0n) is 10.4. The molecule has 1 rings (SSSR count). The molecule has 16 heavy (non-hydrogen) atoms. The maximum atomic E-state index is 13.2. The van der Waals surface area contributed by atoms with Crippen molar-refractivity contribution in [2.75, 3.05) is 14.2 Å². The van der Waals surface area contributed by atoms with Gasteiger partial charge in [-0.05, 0) is 43.1 Å². The summed E-state index contributed by atoms with van der Waals surface area (Å²) >= 11 is 0. The highest BCUT2D eigenvalue weighted by Gasteiger charge is 2.14. The zero-order chi connectivity index (χ0) is 12.1. The second-order valence-electron chi connectivity index (χ2n) is 4.30. The van der Waals surface area contributed by atoms with Crippen LogP contribution in [0.15, 0.2) is 18.2 Å².